The summed E-state index contributed by atoms with van der Waals surface area (Å²) in [6.07, 6.45) is 18.0. The van der Waals surface area contributed by atoms with E-state index < -0.39 is 35.8 Å². The molecule has 0 fully saturated rings. The van der Waals surface area contributed by atoms with E-state index in [-0.39, 0.29) is 120 Å². The van der Waals surface area contributed by atoms with Crippen LogP contribution in [0.3, 0.4) is 0 Å². The molecule has 79 heavy (non-hydrogen) atoms. The lowest BCUT2D eigenvalue weighted by molar-refractivity contribution is -0.143. The molecule has 0 saturated heterocycles. The molecule has 0 heterocycles. The highest BCUT2D eigenvalue weighted by atomic mass is 16.5. The van der Waals surface area contributed by atoms with E-state index in [1.807, 2.05) is 19.1 Å². The molecule has 0 aliphatic heterocycles. The number of carbonyl (C=O) groups excluding carboxylic acids is 5. The molecule has 0 aromatic heterocycles. The molecule has 26 heteroatoms. The first-order valence-electron chi connectivity index (χ1n) is 24.7. The fourth-order valence-electron chi connectivity index (χ4n) is 4.98. The number of hydrogen-bond donors (Lipinski definition) is 9. The van der Waals surface area contributed by atoms with Gasteiger partial charge in [-0.1, -0.05) is 71.0 Å². The molecule has 5 radical (unpaired) electrons. The maximum Gasteiger partial charge on any atom is 0.341 e. The van der Waals surface area contributed by atoms with Gasteiger partial charge in [0.25, 0.3) is 13.2 Å². The predicted octanol–water partition coefficient (Wildman–Crippen LogP) is 5.34. The van der Waals surface area contributed by atoms with Crippen molar-refractivity contribution in [3.63, 3.8) is 0 Å². The largest absolute Gasteiger partial charge is 0.507 e. The van der Waals surface area contributed by atoms with E-state index in [0.29, 0.717) is 23.9 Å². The van der Waals surface area contributed by atoms with Gasteiger partial charge in [0.2, 0.25) is 5.91 Å². The van der Waals surface area contributed by atoms with Gasteiger partial charge in [-0.15, -0.1) is 17.6 Å². The number of rotatable bonds is 23. The van der Waals surface area contributed by atoms with Crippen LogP contribution in [0.1, 0.15) is 113 Å². The second-order valence-electron chi connectivity index (χ2n) is 14.9. The minimum Gasteiger partial charge on any atom is -0.507 e. The highest BCUT2D eigenvalue weighted by Gasteiger charge is 2.16. The van der Waals surface area contributed by atoms with Gasteiger partial charge in [-0.2, -0.15) is 0 Å². The summed E-state index contributed by atoms with van der Waals surface area (Å²) in [7, 11) is 12.4. The number of terminal acetylenes is 1. The summed E-state index contributed by atoms with van der Waals surface area (Å²) in [5.41, 5.74) is 5.88. The van der Waals surface area contributed by atoms with Gasteiger partial charge in [-0.05, 0) is 80.0 Å². The average molecular weight is 1110 g/mol. The fourth-order valence-corrected chi connectivity index (χ4v) is 4.98. The van der Waals surface area contributed by atoms with Crippen LogP contribution in [0, 0.1) is 23.9 Å². The van der Waals surface area contributed by atoms with E-state index in [0.717, 1.165) is 26.3 Å². The second kappa shape index (κ2) is 53.2. The third-order valence-electron chi connectivity index (χ3n) is 8.46. The number of carboxylic acid groups (broad SMARTS) is 2. The molecule has 0 aliphatic rings. The lowest BCUT2D eigenvalue weighted by Crippen LogP contribution is -2.27. The minimum absolute atomic E-state index is 0. The minimum atomic E-state index is -1.28. The van der Waals surface area contributed by atoms with Crippen molar-refractivity contribution < 1.29 is 97.3 Å². The number of esters is 4. The van der Waals surface area contributed by atoms with E-state index in [9.17, 15) is 48.9 Å². The third kappa shape index (κ3) is 45.7. The normalized spacial score (nSPS) is 9.35. The van der Waals surface area contributed by atoms with E-state index in [1.165, 1.54) is 75.1 Å². The molecule has 0 unspecified atom stereocenters. The predicted molar refractivity (Wildman–Crippen MR) is 305 cm³/mol. The van der Waals surface area contributed by atoms with Crippen LogP contribution in [0.4, 0.5) is 0 Å². The Morgan fingerprint density at radius 2 is 1.28 bits per heavy atom. The number of nitrogens with two attached hydrogens (primary N) is 1. The first-order chi connectivity index (χ1) is 38.1. The number of phenolic OH excluding ortho intramolecular Hbond substituents is 2. The topological polar surface area (TPSA) is 369 Å². The van der Waals surface area contributed by atoms with Crippen molar-refractivity contribution in [2.45, 2.75) is 92.7 Å². The molecular weight excluding hydrogens is 1030 g/mol. The number of aliphatic hydroxyl groups is 1. The number of aliphatic hydroxyl groups excluding tert-OH is 1. The Kier molecular flexibility index (Phi) is 52.1. The number of benzene rings is 3. The van der Waals surface area contributed by atoms with Crippen LogP contribution in [0.5, 0.6) is 23.0 Å². The molecular formula is C53H78B4N3O19. The van der Waals surface area contributed by atoms with E-state index in [4.69, 9.17) is 43.8 Å². The number of methoxy groups -OCH3 is 2. The number of phenols is 3. The number of ether oxygens (including phenoxy) is 5. The Morgan fingerprint density at radius 3 is 1.70 bits per heavy atom. The molecule has 0 bridgehead atoms. The van der Waals surface area contributed by atoms with Crippen LogP contribution in [-0.4, -0.2) is 154 Å². The van der Waals surface area contributed by atoms with E-state index >= 15 is 0 Å². The van der Waals surface area contributed by atoms with Crippen LogP contribution in [0.25, 0.3) is 0 Å². The maximum absolute atomic E-state index is 11.7. The van der Waals surface area contributed by atoms with Crippen molar-refractivity contribution >= 4 is 71.2 Å². The second-order valence-corrected chi connectivity index (χ2v) is 14.9. The quantitative estimate of drug-likeness (QED) is 0.0110. The Hall–Kier alpha value is -8.18. The Labute approximate surface area is 471 Å². The average Bonchev–Trinajstić information content (AvgIpc) is 3.42. The molecule has 0 spiro atoms. The smallest absolute Gasteiger partial charge is 0.341 e. The molecule has 1 amide bonds. The van der Waals surface area contributed by atoms with Crippen LogP contribution < -0.4 is 15.8 Å². The molecule has 22 nitrogen and oxygen atoms in total. The van der Waals surface area contributed by atoms with Crippen molar-refractivity contribution in [3.8, 4) is 41.6 Å². The van der Waals surface area contributed by atoms with Gasteiger partial charge >= 0.3 is 35.8 Å². The number of aromatic hydroxyl groups is 3. The third-order valence-corrected chi connectivity index (χ3v) is 8.46. The zero-order valence-electron chi connectivity index (χ0n) is 46.8. The molecule has 0 atom stereocenters. The Morgan fingerprint density at radius 1 is 0.810 bits per heavy atom. The fraction of sp³-hybridized carbons (Fsp3) is 0.396. The highest BCUT2D eigenvalue weighted by Crippen LogP contribution is 2.24. The van der Waals surface area contributed by atoms with Crippen LogP contribution in [0.15, 0.2) is 78.9 Å². The van der Waals surface area contributed by atoms with E-state index in [2.05, 4.69) is 54.3 Å². The number of carboxylic acids is 2. The SMILES string of the molecule is C.C#CC.CB(O)CCCO.CC/C=C\CC(=O)NCCOC(=O)Cc1ccc(O)c(C(=O)O)c1.CCC/C=C\CC(=O)O.COC(=O)c1cc(CC(=O)OCCN)ccc1O.COC(=O)c1cc(OC#N)ccc1O.[2HH].[2H][2H].[B][B][B]. The number of aromatic carboxylic acids is 1. The van der Waals surface area contributed by atoms with Crippen molar-refractivity contribution in [3.05, 3.63) is 107 Å². The summed E-state index contributed by atoms with van der Waals surface area (Å²) in [5.74, 6) is -2.88. The number of nitriles is 1. The standard InChI is InChI=1S/C17H21NO6.C12H15NO5.C9H7NO4.C7H12O2.C4H11BO2.C3H4.CH4.B3.2H2/c1-2-3-4-5-15(20)18-8-9-24-16(21)11-12-6-7-14(19)13(10-12)17(22)23;1-17-12(16)9-6-8(2-3-10(9)14)7-11(15)18-5-4-13;1-13-9(12)7-4-6(14-5-10)2-3-8(7)11;1-2-3-4-5-6-7(8)9;1-5(7)3-2-4-6;1-3-2;;1-3-2;;/h3-4,6-7,10,19H,2,5,8-9,11H2,1H3,(H,18,20)(H,22,23);2-3,6,14H,4-5,7,13H2,1H3;2-4,11H,1H3;4-5H,2-3,6H2,1H3,(H,8,9);6-7H,2-4H2,1H3;1H,2H3;1H4;;2*1H/b4-3-;;;5-4-;;;;;;/i;;;;;;;;1+1D;1+1. The molecule has 3 rings (SSSR count). The number of carbonyl (C=O) groups is 7. The van der Waals surface area contributed by atoms with Gasteiger partial charge in [0.15, 0.2) is 0 Å². The van der Waals surface area contributed by atoms with Crippen LogP contribution >= 0.6 is 0 Å². The number of nitrogens with one attached hydrogen (secondary N) is 1. The number of unbranched alkanes of at least 4 members (excludes halogenated alkanes) is 1. The Balaban J connectivity index is -0.000000173. The monoisotopic (exact) mass is 1110 g/mol. The molecule has 3 aromatic carbocycles. The summed E-state index contributed by atoms with van der Waals surface area (Å²) < 4.78 is 33.2. The highest BCUT2D eigenvalue weighted by molar-refractivity contribution is 7.17. The zero-order valence-corrected chi connectivity index (χ0v) is 44.8. The van der Waals surface area contributed by atoms with Crippen molar-refractivity contribution in [1.29, 1.82) is 5.26 Å². The van der Waals surface area contributed by atoms with E-state index in [1.54, 1.807) is 25.9 Å². The number of nitrogens with zero attached hydrogens (tertiary/aromatic N) is 1. The first-order valence-corrected chi connectivity index (χ1v) is 23.7. The number of amides is 1. The molecule has 10 N–H and O–H groups in total. The van der Waals surface area contributed by atoms with Gasteiger partial charge in [-0.25, -0.2) is 14.4 Å². The van der Waals surface area contributed by atoms with Gasteiger partial charge in [0.1, 0.15) is 52.9 Å². The van der Waals surface area contributed by atoms with Gasteiger partial charge in [0, 0.05) is 52.6 Å². The summed E-state index contributed by atoms with van der Waals surface area (Å²) in [5, 5.41) is 72.8. The summed E-state index contributed by atoms with van der Waals surface area (Å²) in [4.78, 5) is 77.7. The van der Waals surface area contributed by atoms with Crippen molar-refractivity contribution in [2.24, 2.45) is 5.73 Å². The lowest BCUT2D eigenvalue weighted by Gasteiger charge is -2.07. The lowest BCUT2D eigenvalue weighted by atomic mass is 9.40. The number of allylic oxidation sites excluding steroid dienone is 2. The zero-order chi connectivity index (χ0) is 62.3. The number of aliphatic carboxylic acids is 1. The van der Waals surface area contributed by atoms with Crippen LogP contribution in [0.2, 0.25) is 13.1 Å². The van der Waals surface area contributed by atoms with Gasteiger partial charge in [0.05, 0.1) is 40.0 Å². The van der Waals surface area contributed by atoms with Crippen molar-refractivity contribution in [2.75, 3.05) is 47.1 Å². The van der Waals surface area contributed by atoms with Gasteiger partial charge < -0.3 is 70.4 Å². The molecule has 0 saturated carbocycles. The Bertz CT molecular complexity index is 2390. The van der Waals surface area contributed by atoms with Crippen LogP contribution in [-0.2, 0) is 51.0 Å². The maximum atomic E-state index is 11.7. The molecule has 431 valence electrons. The summed E-state index contributed by atoms with van der Waals surface area (Å²) in [6, 6.07) is 12.0. The number of hydrogen-bond acceptors (Lipinski definition) is 19. The first kappa shape index (κ1) is 77.3. The molecule has 3 aromatic rings. The van der Waals surface area contributed by atoms with Crippen molar-refractivity contribution in [1.82, 2.24) is 5.32 Å². The molecule has 0 aliphatic carbocycles. The van der Waals surface area contributed by atoms with Gasteiger partial charge in [-0.3, -0.25) is 19.2 Å². The summed E-state index contributed by atoms with van der Waals surface area (Å²) >= 11 is 0. The summed E-state index contributed by atoms with van der Waals surface area (Å²) in [6.45, 7) is 7.99.